The van der Waals surface area contributed by atoms with Gasteiger partial charge in [-0.3, -0.25) is 4.79 Å². The van der Waals surface area contributed by atoms with Crippen molar-refractivity contribution < 1.29 is 18.1 Å². The van der Waals surface area contributed by atoms with Crippen LogP contribution in [0.4, 0.5) is 0 Å². The quantitative estimate of drug-likeness (QED) is 0.658. The van der Waals surface area contributed by atoms with Crippen molar-refractivity contribution in [2.75, 3.05) is 13.6 Å². The Hall–Kier alpha value is -2.22. The van der Waals surface area contributed by atoms with Gasteiger partial charge >= 0.3 is 0 Å². The Bertz CT molecular complexity index is 847. The molecule has 0 saturated carbocycles. The fraction of sp³-hybridized carbons (Fsp3) is 0.316. The van der Waals surface area contributed by atoms with Gasteiger partial charge < -0.3 is 10.2 Å². The number of likely N-dealkylation sites (N-methyl/N-ethyl adjacent to an activating group) is 1. The highest BCUT2D eigenvalue weighted by Crippen LogP contribution is 2.15. The first kappa shape index (κ1) is 20.1. The fourth-order valence-corrected chi connectivity index (χ4v) is 3.23. The molecular formula is C19H26N3O3S+. The molecule has 0 aliphatic heterocycles. The monoisotopic (exact) mass is 376 g/mol. The standard InChI is InChI=1S/C19H25N3O3S/c1-14-4-6-16(7-5-14)12-22(3)13-19(23)21-15(2)17-8-10-18(11-9-17)26(20,24)25/h4-11,15H,12-13H2,1-3H3,(H,21,23)(H2,20,24,25)/p+1/t15-/m1/s1. The van der Waals surface area contributed by atoms with Gasteiger partial charge in [-0.25, -0.2) is 13.6 Å². The minimum atomic E-state index is -3.71. The normalized spacial score (nSPS) is 13.8. The first-order valence-electron chi connectivity index (χ1n) is 8.44. The van der Waals surface area contributed by atoms with Crippen molar-refractivity contribution >= 4 is 15.9 Å². The Morgan fingerprint density at radius 1 is 1.12 bits per heavy atom. The Labute approximate surface area is 155 Å². The molecular weight excluding hydrogens is 350 g/mol. The molecule has 0 radical (unpaired) electrons. The van der Waals surface area contributed by atoms with Gasteiger partial charge in [0, 0.05) is 5.56 Å². The van der Waals surface area contributed by atoms with Gasteiger partial charge in [0.05, 0.1) is 18.0 Å². The van der Waals surface area contributed by atoms with E-state index in [-0.39, 0.29) is 16.8 Å². The summed E-state index contributed by atoms with van der Waals surface area (Å²) in [5, 5.41) is 8.03. The molecule has 26 heavy (non-hydrogen) atoms. The molecule has 2 rings (SSSR count). The van der Waals surface area contributed by atoms with Crippen LogP contribution in [0, 0.1) is 6.92 Å². The molecule has 2 aromatic rings. The number of nitrogens with two attached hydrogens (primary N) is 1. The number of primary sulfonamides is 1. The molecule has 4 N–H and O–H groups in total. The van der Waals surface area contributed by atoms with Crippen molar-refractivity contribution in [1.82, 2.24) is 5.32 Å². The molecule has 0 heterocycles. The summed E-state index contributed by atoms with van der Waals surface area (Å²) in [6, 6.07) is 14.3. The maximum absolute atomic E-state index is 12.3. The topological polar surface area (TPSA) is 93.7 Å². The van der Waals surface area contributed by atoms with Crippen molar-refractivity contribution in [1.29, 1.82) is 0 Å². The van der Waals surface area contributed by atoms with E-state index in [0.29, 0.717) is 6.54 Å². The number of quaternary nitrogens is 1. The molecule has 2 aromatic carbocycles. The number of aryl methyl sites for hydroxylation is 1. The van der Waals surface area contributed by atoms with Crippen LogP contribution in [0.1, 0.15) is 29.7 Å². The number of sulfonamides is 1. The number of hydrogen-bond acceptors (Lipinski definition) is 3. The summed E-state index contributed by atoms with van der Waals surface area (Å²) in [7, 11) is -1.73. The van der Waals surface area contributed by atoms with E-state index in [1.54, 1.807) is 12.1 Å². The molecule has 0 bridgehead atoms. The lowest BCUT2D eigenvalue weighted by Crippen LogP contribution is -3.08. The predicted molar refractivity (Wildman–Crippen MR) is 101 cm³/mol. The van der Waals surface area contributed by atoms with Crippen LogP contribution in [0.25, 0.3) is 0 Å². The summed E-state index contributed by atoms with van der Waals surface area (Å²) < 4.78 is 22.6. The highest BCUT2D eigenvalue weighted by molar-refractivity contribution is 7.89. The van der Waals surface area contributed by atoms with Crippen LogP contribution in [0.5, 0.6) is 0 Å². The lowest BCUT2D eigenvalue weighted by Gasteiger charge is -2.18. The zero-order valence-electron chi connectivity index (χ0n) is 15.3. The lowest BCUT2D eigenvalue weighted by atomic mass is 10.1. The Balaban J connectivity index is 1.89. The minimum absolute atomic E-state index is 0.0575. The average Bonchev–Trinajstić information content (AvgIpc) is 2.56. The van der Waals surface area contributed by atoms with Crippen molar-refractivity contribution in [3.63, 3.8) is 0 Å². The van der Waals surface area contributed by atoms with E-state index in [4.69, 9.17) is 5.14 Å². The predicted octanol–water partition coefficient (Wildman–Crippen LogP) is 0.535. The molecule has 7 heteroatoms. The third-order valence-electron chi connectivity index (χ3n) is 4.17. The number of amides is 1. The summed E-state index contributed by atoms with van der Waals surface area (Å²) in [5.41, 5.74) is 3.22. The van der Waals surface area contributed by atoms with Crippen LogP contribution >= 0.6 is 0 Å². The Morgan fingerprint density at radius 2 is 1.69 bits per heavy atom. The Morgan fingerprint density at radius 3 is 2.23 bits per heavy atom. The lowest BCUT2D eigenvalue weighted by molar-refractivity contribution is -0.885. The van der Waals surface area contributed by atoms with Crippen LogP contribution in [0.2, 0.25) is 0 Å². The van der Waals surface area contributed by atoms with Gasteiger partial charge in [-0.2, -0.15) is 0 Å². The highest BCUT2D eigenvalue weighted by atomic mass is 32.2. The smallest absolute Gasteiger partial charge is 0.275 e. The number of benzene rings is 2. The average molecular weight is 377 g/mol. The zero-order chi connectivity index (χ0) is 19.3. The maximum Gasteiger partial charge on any atom is 0.275 e. The molecule has 1 amide bonds. The van der Waals surface area contributed by atoms with Gasteiger partial charge in [-0.05, 0) is 31.5 Å². The molecule has 1 unspecified atom stereocenters. The van der Waals surface area contributed by atoms with Crippen LogP contribution in [-0.4, -0.2) is 27.9 Å². The van der Waals surface area contributed by atoms with Crippen LogP contribution < -0.4 is 15.4 Å². The van der Waals surface area contributed by atoms with E-state index in [1.165, 1.54) is 23.3 Å². The minimum Gasteiger partial charge on any atom is -0.345 e. The molecule has 2 atom stereocenters. The molecule has 0 aliphatic carbocycles. The summed E-state index contributed by atoms with van der Waals surface area (Å²) in [4.78, 5) is 13.4. The second-order valence-corrected chi connectivity index (χ2v) is 8.26. The maximum atomic E-state index is 12.3. The summed E-state index contributed by atoms with van der Waals surface area (Å²) >= 11 is 0. The van der Waals surface area contributed by atoms with Gasteiger partial charge in [-0.15, -0.1) is 0 Å². The van der Waals surface area contributed by atoms with E-state index < -0.39 is 10.0 Å². The first-order chi connectivity index (χ1) is 12.1. The SMILES string of the molecule is Cc1ccc(C[NH+](C)CC(=O)N[C@H](C)c2ccc(S(N)(=O)=O)cc2)cc1. The van der Waals surface area contributed by atoms with E-state index >= 15 is 0 Å². The largest absolute Gasteiger partial charge is 0.345 e. The van der Waals surface area contributed by atoms with E-state index in [9.17, 15) is 13.2 Å². The number of carbonyl (C=O) groups is 1. The van der Waals surface area contributed by atoms with Crippen LogP contribution in [0.3, 0.4) is 0 Å². The molecule has 0 fully saturated rings. The van der Waals surface area contributed by atoms with Gasteiger partial charge in [0.15, 0.2) is 6.54 Å². The van der Waals surface area contributed by atoms with Crippen molar-refractivity contribution in [3.8, 4) is 0 Å². The number of hydrogen-bond donors (Lipinski definition) is 3. The van der Waals surface area contributed by atoms with Crippen molar-refractivity contribution in [2.45, 2.75) is 31.3 Å². The van der Waals surface area contributed by atoms with Gasteiger partial charge in [0.25, 0.3) is 5.91 Å². The van der Waals surface area contributed by atoms with Crippen molar-refractivity contribution in [3.05, 3.63) is 65.2 Å². The second-order valence-electron chi connectivity index (χ2n) is 6.70. The number of nitrogens with one attached hydrogen (secondary N) is 2. The van der Waals surface area contributed by atoms with Gasteiger partial charge in [0.2, 0.25) is 10.0 Å². The molecule has 0 spiro atoms. The van der Waals surface area contributed by atoms with E-state index in [0.717, 1.165) is 17.0 Å². The summed E-state index contributed by atoms with van der Waals surface area (Å²) in [6.07, 6.45) is 0. The summed E-state index contributed by atoms with van der Waals surface area (Å²) in [5.74, 6) is -0.0577. The molecule has 0 aromatic heterocycles. The van der Waals surface area contributed by atoms with Crippen LogP contribution in [0.15, 0.2) is 53.4 Å². The Kier molecular flexibility index (Phi) is 6.52. The third kappa shape index (κ3) is 5.94. The first-order valence-corrected chi connectivity index (χ1v) is 9.99. The molecule has 140 valence electrons. The molecule has 0 aliphatic rings. The molecule has 0 saturated heterocycles. The number of rotatable bonds is 7. The van der Waals surface area contributed by atoms with E-state index in [2.05, 4.69) is 29.6 Å². The van der Waals surface area contributed by atoms with Crippen molar-refractivity contribution in [2.24, 2.45) is 5.14 Å². The van der Waals surface area contributed by atoms with Gasteiger partial charge in [-0.1, -0.05) is 42.0 Å². The van der Waals surface area contributed by atoms with E-state index in [1.807, 2.05) is 20.9 Å². The van der Waals surface area contributed by atoms with Crippen LogP contribution in [-0.2, 0) is 21.4 Å². The second kappa shape index (κ2) is 8.44. The zero-order valence-corrected chi connectivity index (χ0v) is 16.1. The third-order valence-corrected chi connectivity index (χ3v) is 5.10. The van der Waals surface area contributed by atoms with Gasteiger partial charge in [0.1, 0.15) is 6.54 Å². The summed E-state index contributed by atoms with van der Waals surface area (Å²) in [6.45, 7) is 5.03. The molecule has 6 nitrogen and oxygen atoms in total. The fourth-order valence-electron chi connectivity index (χ4n) is 2.71. The highest BCUT2D eigenvalue weighted by Gasteiger charge is 2.15. The number of carbonyl (C=O) groups excluding carboxylic acids is 1.